The second kappa shape index (κ2) is 6.31. The van der Waals surface area contributed by atoms with E-state index in [0.29, 0.717) is 33.2 Å². The van der Waals surface area contributed by atoms with Crippen molar-refractivity contribution >= 4 is 22.2 Å². The van der Waals surface area contributed by atoms with Crippen molar-refractivity contribution in [3.8, 4) is 11.8 Å². The second-order valence-electron chi connectivity index (χ2n) is 4.01. The van der Waals surface area contributed by atoms with Crippen LogP contribution in [0.1, 0.15) is 21.5 Å². The van der Waals surface area contributed by atoms with Crippen LogP contribution in [0.3, 0.4) is 0 Å². The first kappa shape index (κ1) is 14.2. The molecule has 0 radical (unpaired) electrons. The van der Waals surface area contributed by atoms with E-state index in [1.165, 1.54) is 18.2 Å². The van der Waals surface area contributed by atoms with E-state index in [1.54, 1.807) is 18.2 Å². The fourth-order valence-corrected chi connectivity index (χ4v) is 1.96. The molecule has 0 saturated carbocycles. The Morgan fingerprint density at radius 2 is 2.10 bits per heavy atom. The average Bonchev–Trinajstić information content (AvgIpc) is 2.47. The summed E-state index contributed by atoms with van der Waals surface area (Å²) in [6.45, 7) is -0.0126. The maximum Gasteiger partial charge on any atom is 0.151 e. The Labute approximate surface area is 123 Å². The van der Waals surface area contributed by atoms with Gasteiger partial charge in [0.15, 0.2) is 6.29 Å². The number of carbonyl (C=O) groups is 1. The molecule has 0 spiro atoms. The number of nitriles is 1. The number of benzene rings is 2. The highest BCUT2D eigenvalue weighted by atomic mass is 79.9. The Morgan fingerprint density at radius 1 is 1.30 bits per heavy atom. The lowest BCUT2D eigenvalue weighted by Crippen LogP contribution is -1.99. The zero-order valence-corrected chi connectivity index (χ0v) is 11.9. The van der Waals surface area contributed by atoms with Crippen LogP contribution in [0.2, 0.25) is 0 Å². The summed E-state index contributed by atoms with van der Waals surface area (Å²) in [4.78, 5) is 10.8. The summed E-state index contributed by atoms with van der Waals surface area (Å²) in [6, 6.07) is 10.9. The van der Waals surface area contributed by atoms with E-state index in [9.17, 15) is 9.18 Å². The van der Waals surface area contributed by atoms with Crippen molar-refractivity contribution in [1.82, 2.24) is 0 Å². The third-order valence-corrected chi connectivity index (χ3v) is 3.39. The summed E-state index contributed by atoms with van der Waals surface area (Å²) in [7, 11) is 0. The van der Waals surface area contributed by atoms with Gasteiger partial charge in [-0.25, -0.2) is 4.39 Å². The zero-order chi connectivity index (χ0) is 14.5. The number of carbonyl (C=O) groups excluding carboxylic acids is 1. The number of ether oxygens (including phenoxy) is 1. The van der Waals surface area contributed by atoms with Crippen LogP contribution in [0.5, 0.6) is 5.75 Å². The van der Waals surface area contributed by atoms with Crippen LogP contribution in [-0.2, 0) is 6.61 Å². The molecule has 0 heterocycles. The van der Waals surface area contributed by atoms with Gasteiger partial charge in [-0.15, -0.1) is 0 Å². The standard InChI is InChI=1S/C15H9BrFNO2/c16-14-3-2-13(6-11(14)8-19)20-9-12-5-10(7-18)1-4-15(12)17/h1-6,8H,9H2. The molecule has 0 unspecified atom stereocenters. The first-order chi connectivity index (χ1) is 9.63. The van der Waals surface area contributed by atoms with Gasteiger partial charge < -0.3 is 4.74 Å². The highest BCUT2D eigenvalue weighted by Gasteiger charge is 2.06. The van der Waals surface area contributed by atoms with Crippen molar-refractivity contribution in [2.45, 2.75) is 6.61 Å². The van der Waals surface area contributed by atoms with Crippen LogP contribution < -0.4 is 4.74 Å². The summed E-state index contributed by atoms with van der Waals surface area (Å²) in [5.74, 6) is 0.0220. The van der Waals surface area contributed by atoms with Gasteiger partial charge in [-0.2, -0.15) is 5.26 Å². The Morgan fingerprint density at radius 3 is 2.80 bits per heavy atom. The Kier molecular flexibility index (Phi) is 4.49. The normalized spacial score (nSPS) is 9.85. The Balaban J connectivity index is 2.17. The molecule has 0 fully saturated rings. The third-order valence-electron chi connectivity index (χ3n) is 2.66. The van der Waals surface area contributed by atoms with E-state index < -0.39 is 5.82 Å². The third kappa shape index (κ3) is 3.22. The SMILES string of the molecule is N#Cc1ccc(F)c(COc2ccc(Br)c(C=O)c2)c1. The van der Waals surface area contributed by atoms with Gasteiger partial charge in [-0.3, -0.25) is 4.79 Å². The van der Waals surface area contributed by atoms with Crippen LogP contribution in [0.4, 0.5) is 4.39 Å². The topological polar surface area (TPSA) is 50.1 Å². The van der Waals surface area contributed by atoms with Crippen LogP contribution in [0, 0.1) is 17.1 Å². The zero-order valence-electron chi connectivity index (χ0n) is 10.3. The number of nitrogens with zero attached hydrogens (tertiary/aromatic N) is 1. The first-order valence-corrected chi connectivity index (χ1v) is 6.49. The van der Waals surface area contributed by atoms with Crippen LogP contribution in [0.25, 0.3) is 0 Å². The van der Waals surface area contributed by atoms with E-state index >= 15 is 0 Å². The van der Waals surface area contributed by atoms with Crippen molar-refractivity contribution in [3.05, 3.63) is 63.4 Å². The van der Waals surface area contributed by atoms with E-state index in [1.807, 2.05) is 6.07 Å². The van der Waals surface area contributed by atoms with Gasteiger partial charge in [0.25, 0.3) is 0 Å². The van der Waals surface area contributed by atoms with Gasteiger partial charge in [0.05, 0.1) is 11.6 Å². The minimum atomic E-state index is -0.434. The molecule has 3 nitrogen and oxygen atoms in total. The highest BCUT2D eigenvalue weighted by Crippen LogP contribution is 2.22. The molecule has 0 bridgehead atoms. The minimum absolute atomic E-state index is 0.0126. The molecule has 100 valence electrons. The molecule has 5 heteroatoms. The van der Waals surface area contributed by atoms with Crippen molar-refractivity contribution in [2.24, 2.45) is 0 Å². The van der Waals surface area contributed by atoms with Gasteiger partial charge in [0, 0.05) is 15.6 Å². The van der Waals surface area contributed by atoms with E-state index in [4.69, 9.17) is 10.00 Å². The molecule has 0 aromatic heterocycles. The highest BCUT2D eigenvalue weighted by molar-refractivity contribution is 9.10. The molecule has 2 rings (SSSR count). The van der Waals surface area contributed by atoms with Gasteiger partial charge in [-0.1, -0.05) is 15.9 Å². The van der Waals surface area contributed by atoms with Crippen LogP contribution in [0.15, 0.2) is 40.9 Å². The number of hydrogen-bond donors (Lipinski definition) is 0. The van der Waals surface area contributed by atoms with Gasteiger partial charge in [-0.05, 0) is 36.4 Å². The molecule has 2 aromatic rings. The molecule has 0 aliphatic heterocycles. The summed E-state index contributed by atoms with van der Waals surface area (Å²) < 4.78 is 19.7. The van der Waals surface area contributed by atoms with E-state index in [-0.39, 0.29) is 6.61 Å². The summed E-state index contributed by atoms with van der Waals surface area (Å²) in [5.41, 5.74) is 1.11. The lowest BCUT2D eigenvalue weighted by Gasteiger charge is -2.08. The first-order valence-electron chi connectivity index (χ1n) is 5.70. The van der Waals surface area contributed by atoms with E-state index in [0.717, 1.165) is 0 Å². The minimum Gasteiger partial charge on any atom is -0.489 e. The number of halogens is 2. The lowest BCUT2D eigenvalue weighted by molar-refractivity contribution is 0.112. The van der Waals surface area contributed by atoms with Crippen molar-refractivity contribution < 1.29 is 13.9 Å². The molecule has 0 atom stereocenters. The van der Waals surface area contributed by atoms with Gasteiger partial charge >= 0.3 is 0 Å². The van der Waals surface area contributed by atoms with Crippen molar-refractivity contribution in [2.75, 3.05) is 0 Å². The number of rotatable bonds is 4. The summed E-state index contributed by atoms with van der Waals surface area (Å²) in [6.07, 6.45) is 0.702. The van der Waals surface area contributed by atoms with Crippen LogP contribution >= 0.6 is 15.9 Å². The van der Waals surface area contributed by atoms with Gasteiger partial charge in [0.2, 0.25) is 0 Å². The number of hydrogen-bond acceptors (Lipinski definition) is 3. The van der Waals surface area contributed by atoms with Crippen LogP contribution in [-0.4, -0.2) is 6.29 Å². The molecular formula is C15H9BrFNO2. The number of aldehydes is 1. The quantitative estimate of drug-likeness (QED) is 0.798. The monoisotopic (exact) mass is 333 g/mol. The average molecular weight is 334 g/mol. The molecule has 2 aromatic carbocycles. The lowest BCUT2D eigenvalue weighted by atomic mass is 10.1. The predicted octanol–water partition coefficient (Wildman–Crippen LogP) is 3.85. The Hall–Kier alpha value is -2.19. The molecule has 0 saturated heterocycles. The maximum atomic E-state index is 13.6. The predicted molar refractivity (Wildman–Crippen MR) is 75.0 cm³/mol. The molecule has 0 N–H and O–H groups in total. The summed E-state index contributed by atoms with van der Waals surface area (Å²) in [5, 5.41) is 8.78. The fraction of sp³-hybridized carbons (Fsp3) is 0.0667. The Bertz CT molecular complexity index is 695. The smallest absolute Gasteiger partial charge is 0.151 e. The molecule has 0 aliphatic rings. The molecule has 20 heavy (non-hydrogen) atoms. The van der Waals surface area contributed by atoms with Gasteiger partial charge in [0.1, 0.15) is 18.2 Å². The van der Waals surface area contributed by atoms with E-state index in [2.05, 4.69) is 15.9 Å². The molecule has 0 amide bonds. The molecular weight excluding hydrogens is 325 g/mol. The molecule has 0 aliphatic carbocycles. The fourth-order valence-electron chi connectivity index (χ4n) is 1.62. The van der Waals surface area contributed by atoms with Crippen molar-refractivity contribution in [1.29, 1.82) is 5.26 Å². The second-order valence-corrected chi connectivity index (χ2v) is 4.86. The largest absolute Gasteiger partial charge is 0.489 e. The maximum absolute atomic E-state index is 13.6. The summed E-state index contributed by atoms with van der Waals surface area (Å²) >= 11 is 3.23. The van der Waals surface area contributed by atoms with Crippen molar-refractivity contribution in [3.63, 3.8) is 0 Å².